The molecule has 0 atom stereocenters. The lowest BCUT2D eigenvalue weighted by atomic mass is 10.0. The zero-order valence-corrected chi connectivity index (χ0v) is 11.9. The Morgan fingerprint density at radius 2 is 2.14 bits per heavy atom. The van der Waals surface area contributed by atoms with Crippen LogP contribution < -0.4 is 5.32 Å². The van der Waals surface area contributed by atoms with Crippen LogP contribution in [-0.4, -0.2) is 37.9 Å². The molecule has 0 bridgehead atoms. The molecule has 0 aliphatic carbocycles. The smallest absolute Gasteiger partial charge is 0.195 e. The van der Waals surface area contributed by atoms with Crippen molar-refractivity contribution in [1.29, 1.82) is 0 Å². The summed E-state index contributed by atoms with van der Waals surface area (Å²) in [5, 5.41) is 9.88. The highest BCUT2D eigenvalue weighted by molar-refractivity contribution is 5.78. The summed E-state index contributed by atoms with van der Waals surface area (Å²) in [5.41, 5.74) is 3.92. The molecular weight excluding hydrogens is 278 g/mol. The van der Waals surface area contributed by atoms with Crippen molar-refractivity contribution in [3.63, 3.8) is 0 Å². The van der Waals surface area contributed by atoms with Crippen LogP contribution in [0.25, 0.3) is 22.6 Å². The van der Waals surface area contributed by atoms with Crippen LogP contribution in [0.5, 0.6) is 0 Å². The fourth-order valence-corrected chi connectivity index (χ4v) is 2.44. The van der Waals surface area contributed by atoms with Gasteiger partial charge in [0.05, 0.1) is 18.4 Å². The normalized spacial score (nSPS) is 12.8. The van der Waals surface area contributed by atoms with Crippen LogP contribution in [0.3, 0.4) is 0 Å². The van der Waals surface area contributed by atoms with E-state index in [1.54, 1.807) is 12.4 Å². The summed E-state index contributed by atoms with van der Waals surface area (Å²) in [5.74, 6) is 2.10. The number of benzene rings is 1. The van der Waals surface area contributed by atoms with E-state index in [1.807, 2.05) is 19.1 Å². The second-order valence-corrected chi connectivity index (χ2v) is 4.98. The third kappa shape index (κ3) is 2.12. The lowest BCUT2D eigenvalue weighted by Gasteiger charge is -2.12. The van der Waals surface area contributed by atoms with E-state index in [-0.39, 0.29) is 0 Å². The average molecular weight is 291 g/mol. The number of hydrogen-bond donors (Lipinski definition) is 2. The van der Waals surface area contributed by atoms with E-state index in [1.165, 1.54) is 6.33 Å². The van der Waals surface area contributed by atoms with E-state index in [0.29, 0.717) is 12.4 Å². The molecule has 0 spiro atoms. The molecule has 0 radical (unpaired) electrons. The number of aryl methyl sites for hydroxylation is 1. The van der Waals surface area contributed by atoms with Gasteiger partial charge in [0.25, 0.3) is 0 Å². The summed E-state index contributed by atoms with van der Waals surface area (Å²) in [6, 6.07) is 6.06. The monoisotopic (exact) mass is 291 g/mol. The van der Waals surface area contributed by atoms with Crippen LogP contribution in [-0.2, 0) is 0 Å². The molecule has 2 aromatic heterocycles. The van der Waals surface area contributed by atoms with Crippen LogP contribution in [0.15, 0.2) is 35.7 Å². The second-order valence-electron chi connectivity index (χ2n) is 4.98. The van der Waals surface area contributed by atoms with Crippen molar-refractivity contribution in [3.8, 4) is 22.6 Å². The number of nitrogens with zero attached hydrogens (tertiary/aromatic N) is 5. The van der Waals surface area contributed by atoms with Crippen LogP contribution >= 0.6 is 0 Å². The summed E-state index contributed by atoms with van der Waals surface area (Å²) >= 11 is 0. The van der Waals surface area contributed by atoms with E-state index in [2.05, 4.69) is 41.5 Å². The third-order valence-electron chi connectivity index (χ3n) is 3.52. The SMILES string of the molecule is Cc1cc(-c2ncn[nH]2)ccc1-c1cnc2c(n1)N=CCN2. The quantitative estimate of drug-likeness (QED) is 0.756. The molecule has 2 N–H and O–H groups in total. The van der Waals surface area contributed by atoms with E-state index in [0.717, 1.165) is 34.0 Å². The first-order chi connectivity index (χ1) is 10.8. The maximum atomic E-state index is 4.58. The molecule has 0 saturated carbocycles. The number of rotatable bonds is 2. The highest BCUT2D eigenvalue weighted by Gasteiger charge is 2.12. The predicted octanol–water partition coefficient (Wildman–Crippen LogP) is 2.36. The van der Waals surface area contributed by atoms with Gasteiger partial charge in [0.1, 0.15) is 6.33 Å². The molecular formula is C15H13N7. The first-order valence-corrected chi connectivity index (χ1v) is 6.91. The summed E-state index contributed by atoms with van der Waals surface area (Å²) in [6.07, 6.45) is 5.06. The van der Waals surface area contributed by atoms with Crippen LogP contribution in [0.4, 0.5) is 11.6 Å². The van der Waals surface area contributed by atoms with Gasteiger partial charge in [0, 0.05) is 17.3 Å². The minimum Gasteiger partial charge on any atom is -0.362 e. The molecule has 7 nitrogen and oxygen atoms in total. The van der Waals surface area contributed by atoms with Crippen LogP contribution in [0.2, 0.25) is 0 Å². The van der Waals surface area contributed by atoms with E-state index >= 15 is 0 Å². The molecule has 1 aliphatic heterocycles. The number of aliphatic imine (C=N–C) groups is 1. The number of hydrogen-bond acceptors (Lipinski definition) is 6. The molecule has 4 rings (SSSR count). The average Bonchev–Trinajstić information content (AvgIpc) is 3.09. The maximum absolute atomic E-state index is 4.58. The molecule has 7 heteroatoms. The Morgan fingerprint density at radius 3 is 2.95 bits per heavy atom. The van der Waals surface area contributed by atoms with Gasteiger partial charge in [-0.2, -0.15) is 5.10 Å². The molecule has 0 amide bonds. The number of H-pyrrole nitrogens is 1. The summed E-state index contributed by atoms with van der Waals surface area (Å²) in [4.78, 5) is 17.4. The number of nitrogens with one attached hydrogen (secondary N) is 2. The number of aromatic amines is 1. The van der Waals surface area contributed by atoms with Crippen molar-refractivity contribution in [2.45, 2.75) is 6.92 Å². The molecule has 1 aromatic carbocycles. The van der Waals surface area contributed by atoms with Gasteiger partial charge in [-0.15, -0.1) is 0 Å². The second kappa shape index (κ2) is 5.03. The van der Waals surface area contributed by atoms with Gasteiger partial charge < -0.3 is 5.32 Å². The van der Waals surface area contributed by atoms with Crippen LogP contribution in [0, 0.1) is 6.92 Å². The largest absolute Gasteiger partial charge is 0.362 e. The molecule has 1 aliphatic rings. The summed E-state index contributed by atoms with van der Waals surface area (Å²) in [6.45, 7) is 2.73. The van der Waals surface area contributed by atoms with Gasteiger partial charge in [-0.3, -0.25) is 5.10 Å². The zero-order chi connectivity index (χ0) is 14.9. The van der Waals surface area contributed by atoms with Crippen LogP contribution in [0.1, 0.15) is 5.56 Å². The highest BCUT2D eigenvalue weighted by Crippen LogP contribution is 2.29. The molecule has 0 unspecified atom stereocenters. The van der Waals surface area contributed by atoms with Crippen molar-refractivity contribution < 1.29 is 0 Å². The molecule has 3 aromatic rings. The lowest BCUT2D eigenvalue weighted by molar-refractivity contribution is 1.09. The molecule has 108 valence electrons. The summed E-state index contributed by atoms with van der Waals surface area (Å²) in [7, 11) is 0. The van der Waals surface area contributed by atoms with Gasteiger partial charge in [0.15, 0.2) is 17.5 Å². The Bertz CT molecular complexity index is 852. The topological polar surface area (TPSA) is 91.7 Å². The summed E-state index contributed by atoms with van der Waals surface area (Å²) < 4.78 is 0. The van der Waals surface area contributed by atoms with Crippen molar-refractivity contribution in [1.82, 2.24) is 25.1 Å². The van der Waals surface area contributed by atoms with E-state index in [4.69, 9.17) is 0 Å². The number of anilines is 1. The Labute approximate surface area is 126 Å². The minimum absolute atomic E-state index is 0.627. The molecule has 0 saturated heterocycles. The number of fused-ring (bicyclic) bond motifs is 1. The van der Waals surface area contributed by atoms with Crippen molar-refractivity contribution >= 4 is 17.9 Å². The van der Waals surface area contributed by atoms with Gasteiger partial charge in [-0.25, -0.2) is 19.9 Å². The minimum atomic E-state index is 0.627. The van der Waals surface area contributed by atoms with Gasteiger partial charge >= 0.3 is 0 Å². The Kier molecular flexibility index (Phi) is 2.89. The first-order valence-electron chi connectivity index (χ1n) is 6.91. The fraction of sp³-hybridized carbons (Fsp3) is 0.133. The Morgan fingerprint density at radius 1 is 1.18 bits per heavy atom. The van der Waals surface area contributed by atoms with Gasteiger partial charge in [0.2, 0.25) is 0 Å². The fourth-order valence-electron chi connectivity index (χ4n) is 2.44. The van der Waals surface area contributed by atoms with Crippen molar-refractivity contribution in [2.24, 2.45) is 4.99 Å². The van der Waals surface area contributed by atoms with Gasteiger partial charge in [-0.1, -0.05) is 12.1 Å². The predicted molar refractivity (Wildman–Crippen MR) is 84.2 cm³/mol. The third-order valence-corrected chi connectivity index (χ3v) is 3.52. The highest BCUT2D eigenvalue weighted by atomic mass is 15.2. The van der Waals surface area contributed by atoms with Crippen molar-refractivity contribution in [3.05, 3.63) is 36.3 Å². The Hall–Kier alpha value is -3.09. The zero-order valence-electron chi connectivity index (χ0n) is 11.9. The molecule has 3 heterocycles. The number of aromatic nitrogens is 5. The molecule has 22 heavy (non-hydrogen) atoms. The first kappa shape index (κ1) is 12.6. The van der Waals surface area contributed by atoms with E-state index in [9.17, 15) is 0 Å². The van der Waals surface area contributed by atoms with E-state index < -0.39 is 0 Å². The standard InChI is InChI=1S/C15H13N7/c1-9-6-10(13-19-8-20-22-13)2-3-11(9)12-7-18-14-15(21-12)17-5-4-16-14/h2-3,5-8H,4H2,1H3,(H,16,18)(H,19,20,22). The lowest BCUT2D eigenvalue weighted by Crippen LogP contribution is -2.09. The van der Waals surface area contributed by atoms with Crippen molar-refractivity contribution in [2.75, 3.05) is 11.9 Å². The van der Waals surface area contributed by atoms with Gasteiger partial charge in [-0.05, 0) is 18.6 Å². The maximum Gasteiger partial charge on any atom is 0.195 e. The molecule has 0 fully saturated rings. The Balaban J connectivity index is 1.76.